The number of carboxylic acid groups (broad SMARTS) is 1. The number of amides is 2. The van der Waals surface area contributed by atoms with Crippen molar-refractivity contribution >= 4 is 12.0 Å². The molecular weight excluding hydrogens is 248 g/mol. The van der Waals surface area contributed by atoms with Gasteiger partial charge in [-0.05, 0) is 19.8 Å². The number of nitrogens with zero attached hydrogens (tertiary/aromatic N) is 1. The number of carbonyl (C=O) groups excluding carboxylic acids is 1. The quantitative estimate of drug-likeness (QED) is 0.767. The summed E-state index contributed by atoms with van der Waals surface area (Å²) in [4.78, 5) is 24.7. The van der Waals surface area contributed by atoms with Gasteiger partial charge in [0, 0.05) is 19.7 Å². The summed E-state index contributed by atoms with van der Waals surface area (Å²) in [6.45, 7) is 2.58. The van der Waals surface area contributed by atoms with Gasteiger partial charge in [0.15, 0.2) is 6.10 Å². The molecule has 1 unspecified atom stereocenters. The Labute approximate surface area is 114 Å². The van der Waals surface area contributed by atoms with Gasteiger partial charge >= 0.3 is 12.0 Å². The SMILES string of the molecule is CCN(C(=O)NCC(OC)C(=O)O)C1CCCCC1. The van der Waals surface area contributed by atoms with Crippen molar-refractivity contribution in [2.45, 2.75) is 51.2 Å². The van der Waals surface area contributed by atoms with E-state index in [1.54, 1.807) is 4.90 Å². The molecule has 0 aromatic heterocycles. The number of carbonyl (C=O) groups is 2. The van der Waals surface area contributed by atoms with E-state index < -0.39 is 12.1 Å². The topological polar surface area (TPSA) is 78.9 Å². The van der Waals surface area contributed by atoms with Crippen molar-refractivity contribution in [3.63, 3.8) is 0 Å². The average molecular weight is 272 g/mol. The van der Waals surface area contributed by atoms with Crippen LogP contribution in [0, 0.1) is 0 Å². The van der Waals surface area contributed by atoms with Crippen molar-refractivity contribution in [2.75, 3.05) is 20.2 Å². The van der Waals surface area contributed by atoms with E-state index in [1.165, 1.54) is 13.5 Å². The summed E-state index contributed by atoms with van der Waals surface area (Å²) in [6.07, 6.45) is 4.63. The number of hydrogen-bond donors (Lipinski definition) is 2. The molecule has 6 heteroatoms. The predicted molar refractivity (Wildman–Crippen MR) is 71.1 cm³/mol. The Bertz CT molecular complexity index is 303. The minimum absolute atomic E-state index is 0.00606. The molecule has 1 rings (SSSR count). The van der Waals surface area contributed by atoms with Gasteiger partial charge in [-0.1, -0.05) is 19.3 Å². The van der Waals surface area contributed by atoms with Gasteiger partial charge in [0.25, 0.3) is 0 Å². The van der Waals surface area contributed by atoms with Gasteiger partial charge in [-0.25, -0.2) is 9.59 Å². The molecule has 1 saturated carbocycles. The van der Waals surface area contributed by atoms with Crippen LogP contribution in [0.3, 0.4) is 0 Å². The third-order valence-electron chi connectivity index (χ3n) is 3.62. The lowest BCUT2D eigenvalue weighted by Crippen LogP contribution is -2.49. The van der Waals surface area contributed by atoms with Gasteiger partial charge in [0.05, 0.1) is 6.54 Å². The molecule has 0 aromatic carbocycles. The minimum Gasteiger partial charge on any atom is -0.479 e. The second kappa shape index (κ2) is 7.99. The minimum atomic E-state index is -1.07. The molecule has 0 saturated heterocycles. The van der Waals surface area contributed by atoms with E-state index in [9.17, 15) is 9.59 Å². The van der Waals surface area contributed by atoms with Crippen LogP contribution in [0.4, 0.5) is 4.79 Å². The monoisotopic (exact) mass is 272 g/mol. The number of aliphatic carboxylic acids is 1. The first-order chi connectivity index (χ1) is 9.10. The molecule has 19 heavy (non-hydrogen) atoms. The molecule has 0 bridgehead atoms. The van der Waals surface area contributed by atoms with Crippen molar-refractivity contribution in [3.8, 4) is 0 Å². The zero-order valence-electron chi connectivity index (χ0n) is 11.7. The summed E-state index contributed by atoms with van der Waals surface area (Å²) in [5, 5.41) is 11.5. The summed E-state index contributed by atoms with van der Waals surface area (Å²) in [5.41, 5.74) is 0. The van der Waals surface area contributed by atoms with Gasteiger partial charge in [0.1, 0.15) is 0 Å². The van der Waals surface area contributed by atoms with E-state index in [0.717, 1.165) is 25.7 Å². The maximum Gasteiger partial charge on any atom is 0.334 e. The molecule has 0 aliphatic heterocycles. The number of hydrogen-bond acceptors (Lipinski definition) is 3. The highest BCUT2D eigenvalue weighted by molar-refractivity contribution is 5.77. The van der Waals surface area contributed by atoms with Crippen LogP contribution < -0.4 is 5.32 Å². The zero-order valence-corrected chi connectivity index (χ0v) is 11.7. The van der Waals surface area contributed by atoms with E-state index in [-0.39, 0.29) is 18.6 Å². The Hall–Kier alpha value is -1.30. The van der Waals surface area contributed by atoms with Crippen LogP contribution >= 0.6 is 0 Å². The lowest BCUT2D eigenvalue weighted by Gasteiger charge is -2.33. The van der Waals surface area contributed by atoms with Gasteiger partial charge in [-0.2, -0.15) is 0 Å². The van der Waals surface area contributed by atoms with Crippen molar-refractivity contribution < 1.29 is 19.4 Å². The molecule has 0 aromatic rings. The highest BCUT2D eigenvalue weighted by atomic mass is 16.5. The van der Waals surface area contributed by atoms with Crippen molar-refractivity contribution in [2.24, 2.45) is 0 Å². The molecular formula is C13H24N2O4. The predicted octanol–water partition coefficient (Wildman–Crippen LogP) is 1.45. The fourth-order valence-corrected chi connectivity index (χ4v) is 2.51. The summed E-state index contributed by atoms with van der Waals surface area (Å²) >= 11 is 0. The lowest BCUT2D eigenvalue weighted by atomic mass is 9.94. The molecule has 0 spiro atoms. The first kappa shape index (κ1) is 15.8. The molecule has 1 aliphatic rings. The largest absolute Gasteiger partial charge is 0.479 e. The number of urea groups is 1. The van der Waals surface area contributed by atoms with Crippen molar-refractivity contribution in [1.82, 2.24) is 10.2 Å². The Morgan fingerprint density at radius 1 is 1.37 bits per heavy atom. The smallest absolute Gasteiger partial charge is 0.334 e. The number of nitrogens with one attached hydrogen (secondary N) is 1. The number of methoxy groups -OCH3 is 1. The van der Waals surface area contributed by atoms with Crippen LogP contribution in [-0.4, -0.2) is 54.4 Å². The van der Waals surface area contributed by atoms with E-state index in [1.807, 2.05) is 6.92 Å². The first-order valence-electron chi connectivity index (χ1n) is 6.90. The maximum atomic E-state index is 12.1. The number of ether oxygens (including phenoxy) is 1. The maximum absolute atomic E-state index is 12.1. The molecule has 2 N–H and O–H groups in total. The Morgan fingerprint density at radius 2 is 2.00 bits per heavy atom. The highest BCUT2D eigenvalue weighted by Gasteiger charge is 2.25. The second-order valence-corrected chi connectivity index (χ2v) is 4.83. The molecule has 6 nitrogen and oxygen atoms in total. The molecule has 0 heterocycles. The van der Waals surface area contributed by atoms with Crippen LogP contribution in [0.15, 0.2) is 0 Å². The van der Waals surface area contributed by atoms with Crippen LogP contribution in [0.1, 0.15) is 39.0 Å². The van der Waals surface area contributed by atoms with E-state index in [0.29, 0.717) is 6.54 Å². The third kappa shape index (κ3) is 4.70. The van der Waals surface area contributed by atoms with Crippen LogP contribution in [-0.2, 0) is 9.53 Å². The Kier molecular flexibility index (Phi) is 6.62. The normalized spacial score (nSPS) is 17.8. The molecule has 1 atom stereocenters. The van der Waals surface area contributed by atoms with E-state index in [2.05, 4.69) is 5.32 Å². The Morgan fingerprint density at radius 3 is 2.47 bits per heavy atom. The van der Waals surface area contributed by atoms with E-state index >= 15 is 0 Å². The third-order valence-corrected chi connectivity index (χ3v) is 3.62. The van der Waals surface area contributed by atoms with Gasteiger partial charge in [-0.3, -0.25) is 0 Å². The zero-order chi connectivity index (χ0) is 14.3. The van der Waals surface area contributed by atoms with Crippen molar-refractivity contribution in [3.05, 3.63) is 0 Å². The van der Waals surface area contributed by atoms with Crippen LogP contribution in [0.5, 0.6) is 0 Å². The summed E-state index contributed by atoms with van der Waals surface area (Å²) in [7, 11) is 1.32. The number of carboxylic acids is 1. The van der Waals surface area contributed by atoms with Gasteiger partial charge in [0.2, 0.25) is 0 Å². The van der Waals surface area contributed by atoms with Crippen LogP contribution in [0.2, 0.25) is 0 Å². The fraction of sp³-hybridized carbons (Fsp3) is 0.846. The van der Waals surface area contributed by atoms with E-state index in [4.69, 9.17) is 9.84 Å². The molecule has 1 aliphatic carbocycles. The molecule has 1 fully saturated rings. The molecule has 0 radical (unpaired) electrons. The number of rotatable bonds is 6. The molecule has 2 amide bonds. The fourth-order valence-electron chi connectivity index (χ4n) is 2.51. The first-order valence-corrected chi connectivity index (χ1v) is 6.90. The molecule has 110 valence electrons. The van der Waals surface area contributed by atoms with Crippen molar-refractivity contribution in [1.29, 1.82) is 0 Å². The Balaban J connectivity index is 2.46. The van der Waals surface area contributed by atoms with Gasteiger partial charge < -0.3 is 20.1 Å². The van der Waals surface area contributed by atoms with Crippen LogP contribution in [0.25, 0.3) is 0 Å². The summed E-state index contributed by atoms with van der Waals surface area (Å²) < 4.78 is 4.79. The lowest BCUT2D eigenvalue weighted by molar-refractivity contribution is -0.148. The summed E-state index contributed by atoms with van der Waals surface area (Å²) in [6, 6.07) is 0.0854. The second-order valence-electron chi connectivity index (χ2n) is 4.83. The average Bonchev–Trinajstić information content (AvgIpc) is 2.41. The standard InChI is InChI=1S/C13H24N2O4/c1-3-15(10-7-5-4-6-8-10)13(18)14-9-11(19-2)12(16)17/h10-11H,3-9H2,1-2H3,(H,14,18)(H,16,17). The van der Waals surface area contributed by atoms with Gasteiger partial charge in [-0.15, -0.1) is 0 Å². The highest BCUT2D eigenvalue weighted by Crippen LogP contribution is 2.22. The summed E-state index contributed by atoms with van der Waals surface area (Å²) in [5.74, 6) is -1.07.